The van der Waals surface area contributed by atoms with E-state index in [1.54, 1.807) is 12.1 Å². The molecular weight excluding hydrogens is 278 g/mol. The standard InChI is InChI=1S/C13H11N3O3S/c14-13-15-8(6-20-13)11(17)16-9-4-2-1-3-7(9)5-10(16)12(18)19/h1-4,6,10H,5H2,(H2,14,15)(H,18,19)/t10-/m0/s1. The number of nitrogens with zero attached hydrogens (tertiary/aromatic N) is 2. The molecule has 20 heavy (non-hydrogen) atoms. The van der Waals surface area contributed by atoms with Crippen molar-refractivity contribution in [1.29, 1.82) is 0 Å². The van der Waals surface area contributed by atoms with E-state index in [0.717, 1.165) is 16.9 Å². The summed E-state index contributed by atoms with van der Waals surface area (Å²) in [4.78, 5) is 29.1. The molecule has 7 heteroatoms. The van der Waals surface area contributed by atoms with Gasteiger partial charge in [-0.05, 0) is 11.6 Å². The van der Waals surface area contributed by atoms with Crippen molar-refractivity contribution in [3.8, 4) is 0 Å². The highest BCUT2D eigenvalue weighted by Crippen LogP contribution is 2.33. The van der Waals surface area contributed by atoms with Gasteiger partial charge in [-0.15, -0.1) is 11.3 Å². The number of carbonyl (C=O) groups excluding carboxylic acids is 1. The van der Waals surface area contributed by atoms with E-state index in [9.17, 15) is 14.7 Å². The Balaban J connectivity index is 2.04. The van der Waals surface area contributed by atoms with Crippen LogP contribution in [0.3, 0.4) is 0 Å². The number of para-hydroxylation sites is 1. The maximum Gasteiger partial charge on any atom is 0.327 e. The molecule has 0 fully saturated rings. The molecule has 0 spiro atoms. The Labute approximate surface area is 118 Å². The zero-order chi connectivity index (χ0) is 14.3. The molecular formula is C13H11N3O3S. The Morgan fingerprint density at radius 1 is 1.40 bits per heavy atom. The number of benzene rings is 1. The van der Waals surface area contributed by atoms with Crippen molar-refractivity contribution < 1.29 is 14.7 Å². The Morgan fingerprint density at radius 2 is 2.15 bits per heavy atom. The second kappa shape index (κ2) is 4.61. The molecule has 0 saturated heterocycles. The van der Waals surface area contributed by atoms with Crippen molar-refractivity contribution in [2.45, 2.75) is 12.5 Å². The molecule has 3 N–H and O–H groups in total. The first-order valence-electron chi connectivity index (χ1n) is 5.93. The number of anilines is 2. The first kappa shape index (κ1) is 12.6. The summed E-state index contributed by atoms with van der Waals surface area (Å²) in [5.74, 6) is -1.46. The van der Waals surface area contributed by atoms with Crippen molar-refractivity contribution in [2.75, 3.05) is 10.6 Å². The van der Waals surface area contributed by atoms with Crippen LogP contribution in [0, 0.1) is 0 Å². The molecule has 0 saturated carbocycles. The molecule has 3 rings (SSSR count). The van der Waals surface area contributed by atoms with Gasteiger partial charge in [-0.2, -0.15) is 0 Å². The molecule has 1 aliphatic rings. The number of fused-ring (bicyclic) bond motifs is 1. The highest BCUT2D eigenvalue weighted by molar-refractivity contribution is 7.13. The average molecular weight is 289 g/mol. The van der Waals surface area contributed by atoms with E-state index in [4.69, 9.17) is 5.73 Å². The van der Waals surface area contributed by atoms with Crippen molar-refractivity contribution in [3.63, 3.8) is 0 Å². The van der Waals surface area contributed by atoms with Gasteiger partial charge in [-0.3, -0.25) is 9.69 Å². The highest BCUT2D eigenvalue weighted by Gasteiger charge is 2.39. The maximum absolute atomic E-state index is 12.5. The minimum absolute atomic E-state index is 0.176. The molecule has 0 unspecified atom stereocenters. The van der Waals surface area contributed by atoms with Crippen LogP contribution in [0.2, 0.25) is 0 Å². The number of carboxylic acid groups (broad SMARTS) is 1. The number of carbonyl (C=O) groups is 2. The van der Waals surface area contributed by atoms with Gasteiger partial charge in [-0.25, -0.2) is 9.78 Å². The highest BCUT2D eigenvalue weighted by atomic mass is 32.1. The Hall–Kier alpha value is -2.41. The molecule has 1 aromatic heterocycles. The van der Waals surface area contributed by atoms with E-state index in [1.807, 2.05) is 12.1 Å². The van der Waals surface area contributed by atoms with Gasteiger partial charge in [0.1, 0.15) is 11.7 Å². The minimum atomic E-state index is -1.03. The lowest BCUT2D eigenvalue weighted by atomic mass is 10.1. The topological polar surface area (TPSA) is 96.5 Å². The summed E-state index contributed by atoms with van der Waals surface area (Å²) >= 11 is 1.15. The lowest BCUT2D eigenvalue weighted by Gasteiger charge is -2.21. The molecule has 1 aromatic carbocycles. The van der Waals surface area contributed by atoms with Crippen molar-refractivity contribution >= 4 is 34.0 Å². The van der Waals surface area contributed by atoms with E-state index < -0.39 is 17.9 Å². The summed E-state index contributed by atoms with van der Waals surface area (Å²) in [6.07, 6.45) is 0.302. The van der Waals surface area contributed by atoms with Crippen LogP contribution in [-0.2, 0) is 11.2 Å². The quantitative estimate of drug-likeness (QED) is 0.870. The van der Waals surface area contributed by atoms with Gasteiger partial charge >= 0.3 is 5.97 Å². The van der Waals surface area contributed by atoms with Gasteiger partial charge < -0.3 is 10.8 Å². The van der Waals surface area contributed by atoms with E-state index in [0.29, 0.717) is 12.1 Å². The second-order valence-electron chi connectivity index (χ2n) is 4.43. The average Bonchev–Trinajstić information content (AvgIpc) is 3.01. The Kier molecular flexibility index (Phi) is 2.90. The summed E-state index contributed by atoms with van der Waals surface area (Å²) in [6.45, 7) is 0. The minimum Gasteiger partial charge on any atom is -0.480 e. The van der Waals surface area contributed by atoms with Gasteiger partial charge in [-0.1, -0.05) is 18.2 Å². The second-order valence-corrected chi connectivity index (χ2v) is 5.32. The van der Waals surface area contributed by atoms with Crippen LogP contribution in [0.1, 0.15) is 16.1 Å². The van der Waals surface area contributed by atoms with Crippen LogP contribution in [0.5, 0.6) is 0 Å². The molecule has 2 heterocycles. The number of hydrogen-bond donors (Lipinski definition) is 2. The lowest BCUT2D eigenvalue weighted by Crippen LogP contribution is -2.43. The van der Waals surface area contributed by atoms with Crippen LogP contribution in [0.15, 0.2) is 29.6 Å². The van der Waals surface area contributed by atoms with E-state index in [2.05, 4.69) is 4.98 Å². The normalized spacial score (nSPS) is 17.0. The fourth-order valence-electron chi connectivity index (χ4n) is 2.34. The number of carboxylic acids is 1. The molecule has 1 atom stereocenters. The maximum atomic E-state index is 12.5. The molecule has 6 nitrogen and oxygen atoms in total. The van der Waals surface area contributed by atoms with Crippen molar-refractivity contribution in [3.05, 3.63) is 40.9 Å². The van der Waals surface area contributed by atoms with E-state index in [1.165, 1.54) is 10.3 Å². The molecule has 0 bridgehead atoms. The number of thiazole rings is 1. The van der Waals surface area contributed by atoms with Gasteiger partial charge in [0.15, 0.2) is 5.13 Å². The number of rotatable bonds is 2. The largest absolute Gasteiger partial charge is 0.480 e. The molecule has 0 radical (unpaired) electrons. The molecule has 1 aliphatic heterocycles. The first-order valence-corrected chi connectivity index (χ1v) is 6.81. The van der Waals surface area contributed by atoms with Crippen LogP contribution >= 0.6 is 11.3 Å². The van der Waals surface area contributed by atoms with Gasteiger partial charge in [0.25, 0.3) is 5.91 Å². The third kappa shape index (κ3) is 1.92. The summed E-state index contributed by atoms with van der Waals surface area (Å²) in [6, 6.07) is 6.27. The zero-order valence-corrected chi connectivity index (χ0v) is 11.1. The Morgan fingerprint density at radius 3 is 2.80 bits per heavy atom. The number of nitrogens with two attached hydrogens (primary N) is 1. The van der Waals surface area contributed by atoms with Gasteiger partial charge in [0, 0.05) is 17.5 Å². The summed E-state index contributed by atoms with van der Waals surface area (Å²) in [5, 5.41) is 11.1. The van der Waals surface area contributed by atoms with Crippen LogP contribution in [0.4, 0.5) is 10.8 Å². The number of aromatic nitrogens is 1. The Bertz CT molecular complexity index is 698. The zero-order valence-electron chi connectivity index (χ0n) is 10.3. The summed E-state index contributed by atoms with van der Waals surface area (Å²) < 4.78 is 0. The van der Waals surface area contributed by atoms with E-state index >= 15 is 0 Å². The van der Waals surface area contributed by atoms with Crippen LogP contribution < -0.4 is 10.6 Å². The SMILES string of the molecule is Nc1nc(C(=O)N2c3ccccc3C[C@H]2C(=O)O)cs1. The molecule has 2 aromatic rings. The van der Waals surface area contributed by atoms with Crippen molar-refractivity contribution in [1.82, 2.24) is 4.98 Å². The fraction of sp³-hybridized carbons (Fsp3) is 0.154. The summed E-state index contributed by atoms with van der Waals surface area (Å²) in [7, 11) is 0. The van der Waals surface area contributed by atoms with Crippen LogP contribution in [0.25, 0.3) is 0 Å². The lowest BCUT2D eigenvalue weighted by molar-refractivity contribution is -0.138. The van der Waals surface area contributed by atoms with Crippen LogP contribution in [-0.4, -0.2) is 28.0 Å². The predicted molar refractivity (Wildman–Crippen MR) is 74.9 cm³/mol. The first-order chi connectivity index (χ1) is 9.58. The number of aliphatic carboxylic acids is 1. The third-order valence-electron chi connectivity index (χ3n) is 3.22. The molecule has 102 valence electrons. The summed E-state index contributed by atoms with van der Waals surface area (Å²) in [5.41, 5.74) is 7.17. The predicted octanol–water partition coefficient (Wildman–Crippen LogP) is 1.38. The number of amides is 1. The third-order valence-corrected chi connectivity index (χ3v) is 3.89. The monoisotopic (exact) mass is 289 g/mol. The smallest absolute Gasteiger partial charge is 0.327 e. The number of nitrogen functional groups attached to an aromatic ring is 1. The van der Waals surface area contributed by atoms with Crippen molar-refractivity contribution in [2.24, 2.45) is 0 Å². The van der Waals surface area contributed by atoms with E-state index in [-0.39, 0.29) is 10.8 Å². The fourth-order valence-corrected chi connectivity index (χ4v) is 2.88. The van der Waals surface area contributed by atoms with Gasteiger partial charge in [0.05, 0.1) is 0 Å². The molecule has 1 amide bonds. The van der Waals surface area contributed by atoms with Gasteiger partial charge in [0.2, 0.25) is 0 Å². The molecule has 0 aliphatic carbocycles. The number of hydrogen-bond acceptors (Lipinski definition) is 5.